The molecule has 282 valence electrons. The maximum atomic E-state index is 12.6. The first-order chi connectivity index (χ1) is 24.9. The van der Waals surface area contributed by atoms with Crippen LogP contribution in [0.15, 0.2) is 30.5 Å². The molecule has 1 aliphatic heterocycles. The molecule has 2 fully saturated rings. The van der Waals surface area contributed by atoms with Crippen LogP contribution in [0.3, 0.4) is 0 Å². The third-order valence-corrected chi connectivity index (χ3v) is 10.2. The van der Waals surface area contributed by atoms with Crippen LogP contribution in [-0.4, -0.2) is 74.6 Å². The Labute approximate surface area is 312 Å². The van der Waals surface area contributed by atoms with Crippen LogP contribution in [0.2, 0.25) is 5.02 Å². The smallest absolute Gasteiger partial charge is 0.313 e. The third-order valence-electron chi connectivity index (χ3n) is 9.91. The maximum Gasteiger partial charge on any atom is 0.313 e. The number of nitrogens with zero attached hydrogens (tertiary/aromatic N) is 7. The first-order valence-corrected chi connectivity index (χ1v) is 18.9. The van der Waals surface area contributed by atoms with E-state index in [4.69, 9.17) is 30.8 Å². The molecule has 14 heteroatoms. The highest BCUT2D eigenvalue weighted by atomic mass is 35.5. The number of nitrogens with one attached hydrogen (secondary N) is 2. The number of pyridine rings is 2. The van der Waals surface area contributed by atoms with Gasteiger partial charge in [-0.2, -0.15) is 9.94 Å². The van der Waals surface area contributed by atoms with E-state index in [0.29, 0.717) is 62.0 Å². The molecule has 52 heavy (non-hydrogen) atoms. The summed E-state index contributed by atoms with van der Waals surface area (Å²) in [4.78, 5) is 22.1. The summed E-state index contributed by atoms with van der Waals surface area (Å²) in [5.41, 5.74) is 1.58. The second-order valence-electron chi connectivity index (χ2n) is 15.8. The predicted molar refractivity (Wildman–Crippen MR) is 198 cm³/mol. The van der Waals surface area contributed by atoms with Crippen LogP contribution >= 0.6 is 11.6 Å². The molecule has 3 aromatic rings. The predicted octanol–water partition coefficient (Wildman–Crippen LogP) is 6.56. The zero-order valence-electron chi connectivity index (χ0n) is 31.4. The largest absolute Gasteiger partial charge is 0.439 e. The normalized spacial score (nSPS) is 20.2. The summed E-state index contributed by atoms with van der Waals surface area (Å²) in [6.07, 6.45) is 7.79. The summed E-state index contributed by atoms with van der Waals surface area (Å²) < 4.78 is 18.8. The van der Waals surface area contributed by atoms with Crippen molar-refractivity contribution >= 4 is 23.4 Å². The molecule has 0 unspecified atom stereocenters. The Kier molecular flexibility index (Phi) is 13.6. The number of halogens is 1. The second-order valence-corrected chi connectivity index (χ2v) is 16.2. The highest BCUT2D eigenvalue weighted by Crippen LogP contribution is 2.33. The van der Waals surface area contributed by atoms with Crippen molar-refractivity contribution in [2.75, 3.05) is 31.7 Å². The molecule has 3 aromatic heterocycles. The van der Waals surface area contributed by atoms with Gasteiger partial charge < -0.3 is 24.8 Å². The molecular weight excluding hydrogens is 682 g/mol. The van der Waals surface area contributed by atoms with Gasteiger partial charge in [-0.25, -0.2) is 4.98 Å². The maximum absolute atomic E-state index is 12.6. The molecule has 0 bridgehead atoms. The van der Waals surface area contributed by atoms with E-state index in [0.717, 1.165) is 54.9 Å². The number of nitriles is 1. The van der Waals surface area contributed by atoms with E-state index in [1.807, 2.05) is 52.8 Å². The number of ether oxygens (including phenoxy) is 3. The van der Waals surface area contributed by atoms with Crippen LogP contribution in [0.5, 0.6) is 0 Å². The van der Waals surface area contributed by atoms with Gasteiger partial charge in [-0.05, 0) is 107 Å². The second kappa shape index (κ2) is 17.9. The topological polar surface area (TPSA) is 162 Å². The van der Waals surface area contributed by atoms with E-state index < -0.39 is 17.1 Å². The van der Waals surface area contributed by atoms with Crippen molar-refractivity contribution in [1.82, 2.24) is 35.5 Å². The molecule has 1 saturated heterocycles. The van der Waals surface area contributed by atoms with E-state index in [-0.39, 0.29) is 24.5 Å². The van der Waals surface area contributed by atoms with Crippen molar-refractivity contribution < 1.29 is 19.0 Å². The summed E-state index contributed by atoms with van der Waals surface area (Å²) in [6, 6.07) is 11.0. The molecule has 0 amide bonds. The zero-order chi connectivity index (χ0) is 37.3. The summed E-state index contributed by atoms with van der Waals surface area (Å²) in [7, 11) is 0. The molecule has 4 heterocycles. The van der Waals surface area contributed by atoms with Crippen molar-refractivity contribution in [3.8, 4) is 17.3 Å². The lowest BCUT2D eigenvalue weighted by Crippen LogP contribution is -2.41. The van der Waals surface area contributed by atoms with Crippen molar-refractivity contribution in [1.29, 1.82) is 5.26 Å². The fraction of sp³-hybridized carbons (Fsp3) is 0.658. The Morgan fingerprint density at radius 3 is 2.62 bits per heavy atom. The summed E-state index contributed by atoms with van der Waals surface area (Å²) >= 11 is 6.64. The van der Waals surface area contributed by atoms with E-state index in [9.17, 15) is 10.1 Å². The van der Waals surface area contributed by atoms with Gasteiger partial charge in [-0.3, -0.25) is 9.78 Å². The van der Waals surface area contributed by atoms with Crippen molar-refractivity contribution in [3.05, 3.63) is 47.0 Å². The standard InChI is InChI=1S/C38H54ClN9O4/c1-25(2)35(52-36(49)37(4,5)6)48-34(45-46-47-48)22-51-21-26(3)43-28-12-10-27(11-13-28)18-29-19-30(31(39)20-41-29)32-8-7-9-33(44-32)42-24-38(23-40)14-16-50-17-15-38/h7-9,19-20,25-28,35,43H,10-18,21-22,24H2,1-6H3,(H,42,44)/t26-,27?,28?,35-/m1/s1. The lowest BCUT2D eigenvalue weighted by molar-refractivity contribution is -0.168. The van der Waals surface area contributed by atoms with Gasteiger partial charge in [-0.15, -0.1) is 5.10 Å². The number of hydrogen-bond acceptors (Lipinski definition) is 12. The van der Waals surface area contributed by atoms with Crippen molar-refractivity contribution in [2.45, 2.75) is 111 Å². The molecule has 13 nitrogen and oxygen atoms in total. The van der Waals surface area contributed by atoms with Gasteiger partial charge in [0, 0.05) is 55.2 Å². The highest BCUT2D eigenvalue weighted by Gasteiger charge is 2.33. The average Bonchev–Trinajstić information content (AvgIpc) is 3.59. The van der Waals surface area contributed by atoms with Crippen LogP contribution in [0.25, 0.3) is 11.3 Å². The monoisotopic (exact) mass is 735 g/mol. The van der Waals surface area contributed by atoms with Crippen LogP contribution < -0.4 is 10.6 Å². The minimum Gasteiger partial charge on any atom is -0.439 e. The summed E-state index contributed by atoms with van der Waals surface area (Å²) in [5, 5.41) is 29.6. The first-order valence-electron chi connectivity index (χ1n) is 18.5. The molecule has 2 atom stereocenters. The Morgan fingerprint density at radius 1 is 1.17 bits per heavy atom. The van der Waals surface area contributed by atoms with Gasteiger partial charge in [0.1, 0.15) is 12.4 Å². The summed E-state index contributed by atoms with van der Waals surface area (Å²) in [6.45, 7) is 14.0. The van der Waals surface area contributed by atoms with Gasteiger partial charge in [0.05, 0.1) is 34.2 Å². The molecule has 2 aliphatic rings. The van der Waals surface area contributed by atoms with Crippen LogP contribution in [0.4, 0.5) is 5.82 Å². The number of rotatable bonds is 15. The Morgan fingerprint density at radius 2 is 1.92 bits per heavy atom. The molecule has 0 spiro atoms. The molecule has 5 rings (SSSR count). The van der Waals surface area contributed by atoms with Crippen molar-refractivity contribution in [3.63, 3.8) is 0 Å². The lowest BCUT2D eigenvalue weighted by atomic mass is 9.82. The Balaban J connectivity index is 1.07. The molecule has 0 aromatic carbocycles. The summed E-state index contributed by atoms with van der Waals surface area (Å²) in [5.74, 6) is 1.45. The average molecular weight is 736 g/mol. The first kappa shape index (κ1) is 39.5. The van der Waals surface area contributed by atoms with Crippen LogP contribution in [0, 0.1) is 34.0 Å². The number of hydrogen-bond donors (Lipinski definition) is 2. The van der Waals surface area contributed by atoms with Crippen LogP contribution in [-0.2, 0) is 32.0 Å². The Bertz CT molecular complexity index is 1660. The quantitative estimate of drug-likeness (QED) is 0.162. The number of carbonyl (C=O) groups excluding carboxylic acids is 1. The number of tetrazole rings is 1. The fourth-order valence-corrected chi connectivity index (χ4v) is 6.89. The van der Waals surface area contributed by atoms with Gasteiger partial charge in [-0.1, -0.05) is 31.5 Å². The van der Waals surface area contributed by atoms with Crippen LogP contribution in [0.1, 0.15) is 97.8 Å². The van der Waals surface area contributed by atoms with Gasteiger partial charge in [0.25, 0.3) is 0 Å². The molecule has 2 N–H and O–H groups in total. The van der Waals surface area contributed by atoms with E-state index in [1.165, 1.54) is 0 Å². The SMILES string of the molecule is CC(C)[C@@H](OC(=O)C(C)(C)C)n1nnnc1COC[C@@H](C)NC1CCC(Cc2cc(-c3cccc(NCC4(C#N)CCOCC4)n3)c(Cl)cn2)CC1. The molecule has 0 radical (unpaired) electrons. The van der Waals surface area contributed by atoms with Gasteiger partial charge in [0.15, 0.2) is 5.82 Å². The van der Waals surface area contributed by atoms with Gasteiger partial charge in [0.2, 0.25) is 6.23 Å². The molecular formula is C38H54ClN9O4. The van der Waals surface area contributed by atoms with E-state index >= 15 is 0 Å². The van der Waals surface area contributed by atoms with E-state index in [1.54, 1.807) is 10.9 Å². The number of esters is 1. The van der Waals surface area contributed by atoms with E-state index in [2.05, 4.69) is 50.2 Å². The number of aromatic nitrogens is 6. The number of carbonyl (C=O) groups is 1. The minimum atomic E-state index is -0.631. The van der Waals surface area contributed by atoms with Gasteiger partial charge >= 0.3 is 5.97 Å². The highest BCUT2D eigenvalue weighted by molar-refractivity contribution is 6.33. The lowest BCUT2D eigenvalue weighted by Gasteiger charge is -2.31. The van der Waals surface area contributed by atoms with Crippen molar-refractivity contribution in [2.24, 2.45) is 22.7 Å². The number of anilines is 1. The molecule has 1 saturated carbocycles. The molecule has 1 aliphatic carbocycles. The third kappa shape index (κ3) is 10.7. The Hall–Kier alpha value is -3.70. The fourth-order valence-electron chi connectivity index (χ4n) is 6.69. The minimum absolute atomic E-state index is 0.0226. The zero-order valence-corrected chi connectivity index (χ0v) is 32.2.